The second-order valence-electron chi connectivity index (χ2n) is 4.67. The lowest BCUT2D eigenvalue weighted by Crippen LogP contribution is -2.12. The molecule has 2 heterocycles. The van der Waals surface area contributed by atoms with Crippen LogP contribution in [0.3, 0.4) is 0 Å². The van der Waals surface area contributed by atoms with E-state index in [0.29, 0.717) is 36.3 Å². The van der Waals surface area contributed by atoms with Gasteiger partial charge in [-0.1, -0.05) is 6.07 Å². The Kier molecular flexibility index (Phi) is 6.25. The van der Waals surface area contributed by atoms with Crippen LogP contribution in [0, 0.1) is 0 Å². The Hall–Kier alpha value is -2.74. The predicted octanol–water partition coefficient (Wildman–Crippen LogP) is 1.48. The average molecular weight is 317 g/mol. The van der Waals surface area contributed by atoms with Crippen molar-refractivity contribution in [1.29, 1.82) is 0 Å². The van der Waals surface area contributed by atoms with Crippen molar-refractivity contribution in [1.82, 2.24) is 15.0 Å². The number of nitrogens with one attached hydrogen (secondary N) is 2. The molecule has 8 heteroatoms. The van der Waals surface area contributed by atoms with Gasteiger partial charge in [-0.25, -0.2) is 9.97 Å². The summed E-state index contributed by atoms with van der Waals surface area (Å²) in [6, 6.07) is 7.21. The summed E-state index contributed by atoms with van der Waals surface area (Å²) < 4.78 is 5.00. The zero-order valence-electron chi connectivity index (χ0n) is 12.8. The van der Waals surface area contributed by atoms with Crippen molar-refractivity contribution in [2.24, 2.45) is 0 Å². The first-order chi connectivity index (χ1) is 11.2. The molecule has 0 unspecified atom stereocenters. The van der Waals surface area contributed by atoms with E-state index in [4.69, 9.17) is 9.84 Å². The van der Waals surface area contributed by atoms with Crippen molar-refractivity contribution in [2.45, 2.75) is 6.42 Å². The number of aliphatic carboxylic acids is 1. The highest BCUT2D eigenvalue weighted by Crippen LogP contribution is 2.18. The van der Waals surface area contributed by atoms with Crippen LogP contribution in [-0.2, 0) is 9.53 Å². The number of carboxylic acid groups (broad SMARTS) is 1. The number of pyridine rings is 1. The van der Waals surface area contributed by atoms with E-state index in [2.05, 4.69) is 25.6 Å². The Morgan fingerprint density at radius 2 is 1.96 bits per heavy atom. The quantitative estimate of drug-likeness (QED) is 0.597. The number of carbonyl (C=O) groups is 1. The fourth-order valence-electron chi connectivity index (χ4n) is 1.82. The SMILES string of the molecule is COCCNc1cc(NCCC(=O)O)nc(-c2ccccn2)n1. The molecular formula is C15H19N5O3. The highest BCUT2D eigenvalue weighted by atomic mass is 16.5. The van der Waals surface area contributed by atoms with Crippen LogP contribution in [0.1, 0.15) is 6.42 Å². The maximum Gasteiger partial charge on any atom is 0.305 e. The predicted molar refractivity (Wildman–Crippen MR) is 86.4 cm³/mol. The second-order valence-corrected chi connectivity index (χ2v) is 4.67. The molecule has 0 aromatic carbocycles. The number of methoxy groups -OCH3 is 1. The van der Waals surface area contributed by atoms with Crippen LogP contribution in [0.4, 0.5) is 11.6 Å². The molecule has 2 rings (SSSR count). The maximum absolute atomic E-state index is 10.6. The zero-order valence-corrected chi connectivity index (χ0v) is 12.8. The maximum atomic E-state index is 10.6. The van der Waals surface area contributed by atoms with Crippen molar-refractivity contribution < 1.29 is 14.6 Å². The van der Waals surface area contributed by atoms with E-state index in [-0.39, 0.29) is 13.0 Å². The van der Waals surface area contributed by atoms with Gasteiger partial charge in [-0.3, -0.25) is 9.78 Å². The summed E-state index contributed by atoms with van der Waals surface area (Å²) >= 11 is 0. The molecule has 0 saturated heterocycles. The highest BCUT2D eigenvalue weighted by molar-refractivity contribution is 5.67. The monoisotopic (exact) mass is 317 g/mol. The van der Waals surface area contributed by atoms with Crippen molar-refractivity contribution in [3.8, 4) is 11.5 Å². The van der Waals surface area contributed by atoms with Gasteiger partial charge in [-0.2, -0.15) is 0 Å². The summed E-state index contributed by atoms with van der Waals surface area (Å²) in [6.07, 6.45) is 1.68. The molecule has 2 aromatic heterocycles. The highest BCUT2D eigenvalue weighted by Gasteiger charge is 2.08. The standard InChI is InChI=1S/C15H19N5O3/c1-23-9-8-18-13-10-12(17-7-5-14(21)22)19-15(20-13)11-4-2-3-6-16-11/h2-4,6,10H,5,7-9H2,1H3,(H,21,22)(H2,17,18,19,20). The third-order valence-electron chi connectivity index (χ3n) is 2.88. The van der Waals surface area contributed by atoms with Crippen LogP contribution in [0.5, 0.6) is 0 Å². The Bertz CT molecular complexity index is 636. The van der Waals surface area contributed by atoms with Crippen LogP contribution >= 0.6 is 0 Å². The van der Waals surface area contributed by atoms with Crippen LogP contribution in [0.2, 0.25) is 0 Å². The summed E-state index contributed by atoms with van der Waals surface area (Å²) in [5.74, 6) is 0.762. The summed E-state index contributed by atoms with van der Waals surface area (Å²) in [5, 5.41) is 14.8. The van der Waals surface area contributed by atoms with Crippen molar-refractivity contribution in [3.05, 3.63) is 30.5 Å². The van der Waals surface area contributed by atoms with Gasteiger partial charge < -0.3 is 20.5 Å². The third-order valence-corrected chi connectivity index (χ3v) is 2.88. The Morgan fingerprint density at radius 3 is 2.57 bits per heavy atom. The largest absolute Gasteiger partial charge is 0.481 e. The van der Waals surface area contributed by atoms with Crippen LogP contribution in [-0.4, -0.2) is 52.8 Å². The van der Waals surface area contributed by atoms with Crippen LogP contribution < -0.4 is 10.6 Å². The molecule has 0 aliphatic rings. The molecule has 0 aliphatic carbocycles. The fourth-order valence-corrected chi connectivity index (χ4v) is 1.82. The molecule has 0 fully saturated rings. The van der Waals surface area contributed by atoms with Gasteiger partial charge in [0.25, 0.3) is 0 Å². The Balaban J connectivity index is 2.19. The van der Waals surface area contributed by atoms with Gasteiger partial charge in [0.05, 0.1) is 13.0 Å². The van der Waals surface area contributed by atoms with E-state index in [0.717, 1.165) is 0 Å². The molecule has 0 amide bonds. The van der Waals surface area contributed by atoms with Gasteiger partial charge >= 0.3 is 5.97 Å². The first kappa shape index (κ1) is 16.6. The van der Waals surface area contributed by atoms with Gasteiger partial charge in [-0.05, 0) is 12.1 Å². The van der Waals surface area contributed by atoms with Crippen molar-refractivity contribution in [2.75, 3.05) is 37.4 Å². The first-order valence-corrected chi connectivity index (χ1v) is 7.18. The molecular weight excluding hydrogens is 298 g/mol. The summed E-state index contributed by atoms with van der Waals surface area (Å²) in [4.78, 5) is 23.6. The Morgan fingerprint density at radius 1 is 1.22 bits per heavy atom. The number of hydrogen-bond acceptors (Lipinski definition) is 7. The number of ether oxygens (including phenoxy) is 1. The van der Waals surface area contributed by atoms with E-state index in [1.807, 2.05) is 18.2 Å². The molecule has 23 heavy (non-hydrogen) atoms. The van der Waals surface area contributed by atoms with Gasteiger partial charge in [-0.15, -0.1) is 0 Å². The smallest absolute Gasteiger partial charge is 0.305 e. The van der Waals surface area contributed by atoms with E-state index in [1.54, 1.807) is 19.4 Å². The van der Waals surface area contributed by atoms with Crippen LogP contribution in [0.25, 0.3) is 11.5 Å². The normalized spacial score (nSPS) is 10.3. The minimum Gasteiger partial charge on any atom is -0.481 e. The first-order valence-electron chi connectivity index (χ1n) is 7.18. The van der Waals surface area contributed by atoms with Gasteiger partial charge in [0.2, 0.25) is 0 Å². The molecule has 3 N–H and O–H groups in total. The Labute approximate surface area is 134 Å². The lowest BCUT2D eigenvalue weighted by molar-refractivity contribution is -0.136. The number of anilines is 2. The number of hydrogen-bond donors (Lipinski definition) is 3. The number of nitrogens with zero attached hydrogens (tertiary/aromatic N) is 3. The van der Waals surface area contributed by atoms with E-state index in [9.17, 15) is 4.79 Å². The van der Waals surface area contributed by atoms with Gasteiger partial charge in [0.15, 0.2) is 5.82 Å². The lowest BCUT2D eigenvalue weighted by Gasteiger charge is -2.10. The lowest BCUT2D eigenvalue weighted by atomic mass is 10.3. The molecule has 2 aromatic rings. The second kappa shape index (κ2) is 8.64. The summed E-state index contributed by atoms with van der Waals surface area (Å²) in [5.41, 5.74) is 0.643. The van der Waals surface area contributed by atoms with Gasteiger partial charge in [0, 0.05) is 32.5 Å². The molecule has 0 atom stereocenters. The van der Waals surface area contributed by atoms with E-state index >= 15 is 0 Å². The van der Waals surface area contributed by atoms with E-state index in [1.165, 1.54) is 0 Å². The number of rotatable bonds is 9. The number of aromatic nitrogens is 3. The summed E-state index contributed by atoms with van der Waals surface area (Å²) in [7, 11) is 1.62. The van der Waals surface area contributed by atoms with Crippen LogP contribution in [0.15, 0.2) is 30.5 Å². The molecule has 0 aliphatic heterocycles. The average Bonchev–Trinajstić information content (AvgIpc) is 2.55. The molecule has 0 radical (unpaired) electrons. The third kappa shape index (κ3) is 5.51. The molecule has 0 bridgehead atoms. The van der Waals surface area contributed by atoms with Crippen molar-refractivity contribution in [3.63, 3.8) is 0 Å². The molecule has 122 valence electrons. The minimum atomic E-state index is -0.866. The summed E-state index contributed by atoms with van der Waals surface area (Å²) in [6.45, 7) is 1.43. The molecule has 0 saturated carbocycles. The molecule has 0 spiro atoms. The zero-order chi connectivity index (χ0) is 16.5. The molecule has 8 nitrogen and oxygen atoms in total. The number of carboxylic acids is 1. The fraction of sp³-hybridized carbons (Fsp3) is 0.333. The van der Waals surface area contributed by atoms with Crippen molar-refractivity contribution >= 4 is 17.6 Å². The van der Waals surface area contributed by atoms with Gasteiger partial charge in [0.1, 0.15) is 17.3 Å². The van der Waals surface area contributed by atoms with E-state index < -0.39 is 5.97 Å². The minimum absolute atomic E-state index is 0.00929. The topological polar surface area (TPSA) is 109 Å².